The van der Waals surface area contributed by atoms with E-state index in [0.717, 1.165) is 12.8 Å². The maximum Gasteiger partial charge on any atom is 0.354 e. The van der Waals surface area contributed by atoms with E-state index in [1.165, 1.54) is 18.3 Å². The summed E-state index contributed by atoms with van der Waals surface area (Å²) in [6, 6.07) is 2.77. The van der Waals surface area contributed by atoms with Crippen LogP contribution >= 0.6 is 0 Å². The van der Waals surface area contributed by atoms with Crippen LogP contribution in [0.15, 0.2) is 18.3 Å². The van der Waals surface area contributed by atoms with E-state index < -0.39 is 5.97 Å². The van der Waals surface area contributed by atoms with Crippen molar-refractivity contribution in [3.05, 3.63) is 29.6 Å². The predicted octanol–water partition coefficient (Wildman–Crippen LogP) is 0.243. The number of carboxylic acid groups (broad SMARTS) is 1. The van der Waals surface area contributed by atoms with Crippen LogP contribution in [-0.2, 0) is 9.53 Å². The second-order valence-electron chi connectivity index (χ2n) is 5.85. The van der Waals surface area contributed by atoms with Crippen molar-refractivity contribution in [3.8, 4) is 0 Å². The zero-order valence-electron chi connectivity index (χ0n) is 13.2. The third-order valence-corrected chi connectivity index (χ3v) is 4.31. The molecule has 8 heteroatoms. The summed E-state index contributed by atoms with van der Waals surface area (Å²) in [5.74, 6) is -1.42. The second-order valence-corrected chi connectivity index (χ2v) is 5.85. The largest absolute Gasteiger partial charge is 0.477 e. The van der Waals surface area contributed by atoms with Crippen LogP contribution in [0.4, 0.5) is 0 Å². The highest BCUT2D eigenvalue weighted by atomic mass is 16.5. The van der Waals surface area contributed by atoms with Crippen molar-refractivity contribution in [3.63, 3.8) is 0 Å². The first-order valence-electron chi connectivity index (χ1n) is 7.95. The zero-order valence-corrected chi connectivity index (χ0v) is 13.2. The van der Waals surface area contributed by atoms with Gasteiger partial charge in [-0.2, -0.15) is 0 Å². The molecule has 1 atom stereocenters. The predicted molar refractivity (Wildman–Crippen MR) is 82.7 cm³/mol. The summed E-state index contributed by atoms with van der Waals surface area (Å²) in [5, 5.41) is 8.96. The summed E-state index contributed by atoms with van der Waals surface area (Å²) in [6.45, 7) is 2.38. The van der Waals surface area contributed by atoms with Crippen molar-refractivity contribution in [2.75, 3.05) is 32.8 Å². The van der Waals surface area contributed by atoms with E-state index in [0.29, 0.717) is 38.3 Å². The van der Waals surface area contributed by atoms with E-state index in [-0.39, 0.29) is 23.6 Å². The molecular formula is C16H19N3O5. The molecule has 0 bridgehead atoms. The van der Waals surface area contributed by atoms with Crippen LogP contribution in [0, 0.1) is 0 Å². The van der Waals surface area contributed by atoms with Gasteiger partial charge in [0.25, 0.3) is 11.8 Å². The van der Waals surface area contributed by atoms with E-state index in [4.69, 9.17) is 9.84 Å². The fraction of sp³-hybridized carbons (Fsp3) is 0.500. The molecule has 0 aromatic carbocycles. The lowest BCUT2D eigenvalue weighted by atomic mass is 10.1. The van der Waals surface area contributed by atoms with Gasteiger partial charge in [-0.15, -0.1) is 0 Å². The number of hydrogen-bond donors (Lipinski definition) is 1. The zero-order chi connectivity index (χ0) is 17.1. The number of carbonyl (C=O) groups is 3. The summed E-state index contributed by atoms with van der Waals surface area (Å²) in [6.07, 6.45) is 2.63. The van der Waals surface area contributed by atoms with Gasteiger partial charge in [0.2, 0.25) is 0 Å². The number of amides is 2. The smallest absolute Gasteiger partial charge is 0.354 e. The van der Waals surface area contributed by atoms with Crippen molar-refractivity contribution in [2.24, 2.45) is 0 Å². The molecule has 2 aliphatic rings. The first-order chi connectivity index (χ1) is 11.6. The summed E-state index contributed by atoms with van der Waals surface area (Å²) < 4.78 is 5.41. The number of hydrogen-bond acceptors (Lipinski definition) is 5. The highest BCUT2D eigenvalue weighted by molar-refractivity contribution is 5.96. The Balaban J connectivity index is 1.60. The number of ether oxygens (including phenoxy) is 1. The molecule has 1 aromatic rings. The van der Waals surface area contributed by atoms with Crippen molar-refractivity contribution < 1.29 is 24.2 Å². The number of carboxylic acids is 1. The average Bonchev–Trinajstić information content (AvgIpc) is 3.15. The number of rotatable bonds is 3. The van der Waals surface area contributed by atoms with Crippen LogP contribution in [-0.4, -0.2) is 76.6 Å². The van der Waals surface area contributed by atoms with E-state index in [1.807, 2.05) is 0 Å². The maximum absolute atomic E-state index is 12.5. The van der Waals surface area contributed by atoms with Gasteiger partial charge in [-0.1, -0.05) is 0 Å². The number of aromatic nitrogens is 1. The molecule has 1 unspecified atom stereocenters. The van der Waals surface area contributed by atoms with Gasteiger partial charge >= 0.3 is 5.97 Å². The van der Waals surface area contributed by atoms with Gasteiger partial charge in [-0.05, 0) is 25.0 Å². The Hall–Kier alpha value is -2.48. The minimum absolute atomic E-state index is 0.00308. The van der Waals surface area contributed by atoms with Gasteiger partial charge in [0.15, 0.2) is 0 Å². The monoisotopic (exact) mass is 333 g/mol. The van der Waals surface area contributed by atoms with Crippen LogP contribution in [0.5, 0.6) is 0 Å². The quantitative estimate of drug-likeness (QED) is 0.851. The molecule has 8 nitrogen and oxygen atoms in total. The molecule has 2 fully saturated rings. The van der Waals surface area contributed by atoms with Gasteiger partial charge in [-0.3, -0.25) is 9.59 Å². The molecule has 2 amide bonds. The minimum Gasteiger partial charge on any atom is -0.477 e. The molecule has 0 saturated carbocycles. The lowest BCUT2D eigenvalue weighted by Gasteiger charge is -2.35. The number of piperazine rings is 1. The van der Waals surface area contributed by atoms with Crippen molar-refractivity contribution in [1.82, 2.24) is 14.8 Å². The highest BCUT2D eigenvalue weighted by Gasteiger charge is 2.31. The molecule has 2 aliphatic heterocycles. The summed E-state index contributed by atoms with van der Waals surface area (Å²) in [7, 11) is 0. The maximum atomic E-state index is 12.5. The fourth-order valence-corrected chi connectivity index (χ4v) is 2.97. The molecule has 128 valence electrons. The molecule has 24 heavy (non-hydrogen) atoms. The Morgan fingerprint density at radius 2 is 1.88 bits per heavy atom. The molecule has 0 aliphatic carbocycles. The van der Waals surface area contributed by atoms with E-state index in [1.54, 1.807) is 9.80 Å². The SMILES string of the molecule is O=C(O)c1cc(C(=O)N2CCN(C(=O)C3CCCO3)CC2)ccn1. The standard InChI is InChI=1S/C16H19N3O5/c20-14(11-3-4-17-12(10-11)16(22)23)18-5-7-19(8-6-18)15(21)13-2-1-9-24-13/h3-4,10,13H,1-2,5-9H2,(H,22,23). The van der Waals surface area contributed by atoms with Gasteiger partial charge in [0, 0.05) is 44.5 Å². The molecule has 0 radical (unpaired) electrons. The van der Waals surface area contributed by atoms with Gasteiger partial charge in [0.05, 0.1) is 0 Å². The van der Waals surface area contributed by atoms with E-state index in [2.05, 4.69) is 4.98 Å². The number of nitrogens with zero attached hydrogens (tertiary/aromatic N) is 3. The molecule has 0 spiro atoms. The molecule has 3 rings (SSSR count). The molecule has 1 N–H and O–H groups in total. The van der Waals surface area contributed by atoms with Crippen molar-refractivity contribution in [2.45, 2.75) is 18.9 Å². The van der Waals surface area contributed by atoms with Crippen LogP contribution in [0.1, 0.15) is 33.7 Å². The highest BCUT2D eigenvalue weighted by Crippen LogP contribution is 2.17. The Morgan fingerprint density at radius 1 is 1.17 bits per heavy atom. The topological polar surface area (TPSA) is 100 Å². The van der Waals surface area contributed by atoms with Crippen molar-refractivity contribution in [1.29, 1.82) is 0 Å². The number of pyridine rings is 1. The summed E-state index contributed by atoms with van der Waals surface area (Å²) >= 11 is 0. The van der Waals surface area contributed by atoms with Gasteiger partial charge < -0.3 is 19.6 Å². The second kappa shape index (κ2) is 6.96. The third-order valence-electron chi connectivity index (χ3n) is 4.31. The van der Waals surface area contributed by atoms with Gasteiger partial charge in [0.1, 0.15) is 11.8 Å². The van der Waals surface area contributed by atoms with E-state index >= 15 is 0 Å². The molecule has 3 heterocycles. The van der Waals surface area contributed by atoms with Crippen LogP contribution < -0.4 is 0 Å². The van der Waals surface area contributed by atoms with Crippen LogP contribution in [0.25, 0.3) is 0 Å². The molecule has 1 aromatic heterocycles. The fourth-order valence-electron chi connectivity index (χ4n) is 2.97. The minimum atomic E-state index is -1.17. The molecular weight excluding hydrogens is 314 g/mol. The van der Waals surface area contributed by atoms with Crippen LogP contribution in [0.2, 0.25) is 0 Å². The number of aromatic carboxylic acids is 1. The van der Waals surface area contributed by atoms with Crippen LogP contribution in [0.3, 0.4) is 0 Å². The Labute approximate surface area is 139 Å². The molecule has 2 saturated heterocycles. The first-order valence-corrected chi connectivity index (χ1v) is 7.95. The van der Waals surface area contributed by atoms with Crippen molar-refractivity contribution >= 4 is 17.8 Å². The average molecular weight is 333 g/mol. The lowest BCUT2D eigenvalue weighted by molar-refractivity contribution is -0.142. The Bertz CT molecular complexity index is 649. The Kier molecular flexibility index (Phi) is 4.75. The number of carbonyl (C=O) groups excluding carboxylic acids is 2. The van der Waals surface area contributed by atoms with E-state index in [9.17, 15) is 14.4 Å². The third kappa shape index (κ3) is 3.38. The summed E-state index contributed by atoms with van der Waals surface area (Å²) in [5.41, 5.74) is 0.134. The first kappa shape index (κ1) is 16.4. The normalized spacial score (nSPS) is 20.9. The summed E-state index contributed by atoms with van der Waals surface area (Å²) in [4.78, 5) is 42.8. The lowest BCUT2D eigenvalue weighted by Crippen LogP contribution is -2.52. The van der Waals surface area contributed by atoms with Gasteiger partial charge in [-0.25, -0.2) is 9.78 Å². The Morgan fingerprint density at radius 3 is 2.50 bits per heavy atom.